The van der Waals surface area contributed by atoms with E-state index in [1.165, 1.54) is 44.6 Å². The number of hydrogen-bond donors (Lipinski definition) is 1. The number of thioether (sulfide) groups is 1. The van der Waals surface area contributed by atoms with Crippen LogP contribution < -0.4 is 5.32 Å². The number of hydrogen-bond acceptors (Lipinski definition) is 3. The van der Waals surface area contributed by atoms with Gasteiger partial charge in [0.15, 0.2) is 0 Å². The molecule has 0 amide bonds. The van der Waals surface area contributed by atoms with Crippen LogP contribution in [-0.2, 0) is 0 Å². The van der Waals surface area contributed by atoms with Gasteiger partial charge in [-0.05, 0) is 52.1 Å². The molecule has 2 nitrogen and oxygen atoms in total. The van der Waals surface area contributed by atoms with Crippen LogP contribution in [0.5, 0.6) is 0 Å². The summed E-state index contributed by atoms with van der Waals surface area (Å²) < 4.78 is 0. The smallest absolute Gasteiger partial charge is 0.0199 e. The molecule has 0 aliphatic carbocycles. The first-order chi connectivity index (χ1) is 8.16. The van der Waals surface area contributed by atoms with Crippen molar-refractivity contribution in [2.75, 3.05) is 25.4 Å². The lowest BCUT2D eigenvalue weighted by Gasteiger charge is -2.36. The second-order valence-corrected chi connectivity index (χ2v) is 7.51. The summed E-state index contributed by atoms with van der Waals surface area (Å²) in [5, 5.41) is 4.41. The highest BCUT2D eigenvalue weighted by molar-refractivity contribution is 8.00. The molecular weight excluding hydrogens is 228 g/mol. The van der Waals surface area contributed by atoms with Gasteiger partial charge >= 0.3 is 0 Å². The number of nitrogens with zero attached hydrogens (tertiary/aromatic N) is 1. The maximum atomic E-state index is 3.55. The van der Waals surface area contributed by atoms with E-state index in [1.54, 1.807) is 0 Å². The van der Waals surface area contributed by atoms with Gasteiger partial charge in [0.05, 0.1) is 0 Å². The SMILES string of the molecule is CC1CC(N(CC2CCCNC2)C(C)C)CS1. The predicted molar refractivity (Wildman–Crippen MR) is 77.8 cm³/mol. The van der Waals surface area contributed by atoms with Crippen molar-refractivity contribution in [2.45, 2.75) is 57.4 Å². The molecule has 2 rings (SSSR count). The fourth-order valence-corrected chi connectivity index (χ4v) is 4.42. The number of nitrogens with one attached hydrogen (secondary N) is 1. The zero-order valence-electron chi connectivity index (χ0n) is 11.6. The summed E-state index contributed by atoms with van der Waals surface area (Å²) in [7, 11) is 0. The van der Waals surface area contributed by atoms with E-state index in [4.69, 9.17) is 0 Å². The minimum Gasteiger partial charge on any atom is -0.316 e. The van der Waals surface area contributed by atoms with Crippen molar-refractivity contribution in [1.82, 2.24) is 10.2 Å². The molecule has 2 saturated heterocycles. The molecule has 0 bridgehead atoms. The van der Waals surface area contributed by atoms with Crippen LogP contribution >= 0.6 is 11.8 Å². The molecule has 0 aromatic rings. The third kappa shape index (κ3) is 3.87. The van der Waals surface area contributed by atoms with Crippen LogP contribution in [0.3, 0.4) is 0 Å². The molecule has 2 fully saturated rings. The number of rotatable bonds is 4. The highest BCUT2D eigenvalue weighted by atomic mass is 32.2. The summed E-state index contributed by atoms with van der Waals surface area (Å²) in [6, 6.07) is 1.53. The highest BCUT2D eigenvalue weighted by Gasteiger charge is 2.30. The quantitative estimate of drug-likeness (QED) is 0.832. The highest BCUT2D eigenvalue weighted by Crippen LogP contribution is 2.31. The molecule has 2 aliphatic heterocycles. The van der Waals surface area contributed by atoms with Gasteiger partial charge in [0.25, 0.3) is 0 Å². The van der Waals surface area contributed by atoms with Crippen LogP contribution in [0.4, 0.5) is 0 Å². The summed E-state index contributed by atoms with van der Waals surface area (Å²) in [4.78, 5) is 2.77. The fraction of sp³-hybridized carbons (Fsp3) is 1.00. The Labute approximate surface area is 111 Å². The first-order valence-electron chi connectivity index (χ1n) is 7.25. The normalized spacial score (nSPS) is 34.8. The molecule has 0 radical (unpaired) electrons. The van der Waals surface area contributed by atoms with Gasteiger partial charge < -0.3 is 5.32 Å². The molecule has 0 spiro atoms. The maximum absolute atomic E-state index is 3.55. The third-order valence-electron chi connectivity index (χ3n) is 4.18. The van der Waals surface area contributed by atoms with E-state index in [0.29, 0.717) is 6.04 Å². The Morgan fingerprint density at radius 2 is 2.24 bits per heavy atom. The molecule has 100 valence electrons. The second kappa shape index (κ2) is 6.44. The van der Waals surface area contributed by atoms with Gasteiger partial charge in [-0.2, -0.15) is 11.8 Å². The van der Waals surface area contributed by atoms with Crippen molar-refractivity contribution < 1.29 is 0 Å². The topological polar surface area (TPSA) is 15.3 Å². The fourth-order valence-electron chi connectivity index (χ4n) is 3.19. The van der Waals surface area contributed by atoms with Crippen molar-refractivity contribution >= 4 is 11.8 Å². The van der Waals surface area contributed by atoms with Gasteiger partial charge in [-0.15, -0.1) is 0 Å². The Morgan fingerprint density at radius 1 is 1.41 bits per heavy atom. The molecule has 2 aliphatic rings. The molecule has 3 heteroatoms. The molecule has 1 N–H and O–H groups in total. The molecule has 0 saturated carbocycles. The summed E-state index contributed by atoms with van der Waals surface area (Å²) in [5.41, 5.74) is 0. The lowest BCUT2D eigenvalue weighted by Crippen LogP contribution is -2.46. The van der Waals surface area contributed by atoms with Crippen LogP contribution in [0.25, 0.3) is 0 Å². The first-order valence-corrected chi connectivity index (χ1v) is 8.29. The van der Waals surface area contributed by atoms with E-state index in [-0.39, 0.29) is 0 Å². The minimum atomic E-state index is 0.702. The van der Waals surface area contributed by atoms with E-state index in [1.807, 2.05) is 0 Å². The van der Waals surface area contributed by atoms with Crippen molar-refractivity contribution in [3.8, 4) is 0 Å². The van der Waals surface area contributed by atoms with Gasteiger partial charge in [-0.3, -0.25) is 4.90 Å². The van der Waals surface area contributed by atoms with Crippen LogP contribution in [-0.4, -0.2) is 47.6 Å². The molecule has 3 atom stereocenters. The lowest BCUT2D eigenvalue weighted by molar-refractivity contribution is 0.127. The Bertz CT molecular complexity index is 226. The average Bonchev–Trinajstić information content (AvgIpc) is 2.73. The molecule has 0 aromatic carbocycles. The van der Waals surface area contributed by atoms with E-state index in [0.717, 1.165) is 17.2 Å². The Morgan fingerprint density at radius 3 is 2.76 bits per heavy atom. The van der Waals surface area contributed by atoms with Crippen molar-refractivity contribution in [2.24, 2.45) is 5.92 Å². The molecule has 17 heavy (non-hydrogen) atoms. The molecule has 3 unspecified atom stereocenters. The maximum Gasteiger partial charge on any atom is 0.0199 e. The van der Waals surface area contributed by atoms with Crippen LogP contribution in [0.1, 0.15) is 40.0 Å². The zero-order chi connectivity index (χ0) is 12.3. The minimum absolute atomic E-state index is 0.702. The Hall–Kier alpha value is 0.270. The molecule has 0 aromatic heterocycles. The standard InChI is InChI=1S/C14H28N2S/c1-11(2)16(14-7-12(3)17-10-14)9-13-5-4-6-15-8-13/h11-15H,4-10H2,1-3H3. The van der Waals surface area contributed by atoms with E-state index in [9.17, 15) is 0 Å². The summed E-state index contributed by atoms with van der Waals surface area (Å²) in [5.74, 6) is 2.23. The largest absolute Gasteiger partial charge is 0.316 e. The van der Waals surface area contributed by atoms with Crippen LogP contribution in [0.2, 0.25) is 0 Å². The number of piperidine rings is 1. The first kappa shape index (κ1) is 13.7. The summed E-state index contributed by atoms with van der Waals surface area (Å²) in [6.07, 6.45) is 4.18. The van der Waals surface area contributed by atoms with Gasteiger partial charge in [0, 0.05) is 29.6 Å². The predicted octanol–water partition coefficient (Wildman–Crippen LogP) is 2.59. The van der Waals surface area contributed by atoms with E-state index >= 15 is 0 Å². The monoisotopic (exact) mass is 256 g/mol. The zero-order valence-corrected chi connectivity index (χ0v) is 12.4. The molecular formula is C14H28N2S. The van der Waals surface area contributed by atoms with Gasteiger partial charge in [-0.25, -0.2) is 0 Å². The van der Waals surface area contributed by atoms with Crippen molar-refractivity contribution in [1.29, 1.82) is 0 Å². The van der Waals surface area contributed by atoms with Gasteiger partial charge in [0.2, 0.25) is 0 Å². The van der Waals surface area contributed by atoms with Crippen LogP contribution in [0.15, 0.2) is 0 Å². The summed E-state index contributed by atoms with van der Waals surface area (Å²) in [6.45, 7) is 10.9. The average molecular weight is 256 g/mol. The molecule has 2 heterocycles. The third-order valence-corrected chi connectivity index (χ3v) is 5.52. The van der Waals surface area contributed by atoms with E-state index < -0.39 is 0 Å². The lowest BCUT2D eigenvalue weighted by atomic mass is 9.97. The second-order valence-electron chi connectivity index (χ2n) is 6.04. The van der Waals surface area contributed by atoms with Crippen molar-refractivity contribution in [3.05, 3.63) is 0 Å². The van der Waals surface area contributed by atoms with E-state index in [2.05, 4.69) is 42.7 Å². The van der Waals surface area contributed by atoms with Gasteiger partial charge in [0.1, 0.15) is 0 Å². The van der Waals surface area contributed by atoms with Crippen molar-refractivity contribution in [3.63, 3.8) is 0 Å². The van der Waals surface area contributed by atoms with Gasteiger partial charge in [-0.1, -0.05) is 6.92 Å². The Balaban J connectivity index is 1.87. The van der Waals surface area contributed by atoms with Crippen LogP contribution in [0, 0.1) is 5.92 Å². The summed E-state index contributed by atoms with van der Waals surface area (Å²) >= 11 is 2.16. The Kier molecular flexibility index (Phi) is 5.19.